The SMILES string of the molecule is O=C(CCS(=O)(=O)Cc1cccc(Cl)c1)NCc1ccc2c(c1)OCO2. The quantitative estimate of drug-likeness (QED) is 0.779. The van der Waals surface area contributed by atoms with Crippen LogP contribution in [0.25, 0.3) is 0 Å². The largest absolute Gasteiger partial charge is 0.454 e. The molecule has 1 aliphatic rings. The van der Waals surface area contributed by atoms with Crippen molar-refractivity contribution in [2.24, 2.45) is 0 Å². The highest BCUT2D eigenvalue weighted by atomic mass is 35.5. The maximum Gasteiger partial charge on any atom is 0.231 e. The molecule has 0 spiro atoms. The van der Waals surface area contributed by atoms with Crippen LogP contribution in [0.2, 0.25) is 5.02 Å². The molecular formula is C18H18ClNO5S. The molecule has 0 radical (unpaired) electrons. The van der Waals surface area contributed by atoms with E-state index in [4.69, 9.17) is 21.1 Å². The Morgan fingerprint density at radius 1 is 1.08 bits per heavy atom. The van der Waals surface area contributed by atoms with Gasteiger partial charge >= 0.3 is 0 Å². The predicted octanol–water partition coefficient (Wildman–Crippen LogP) is 2.69. The van der Waals surface area contributed by atoms with Crippen molar-refractivity contribution in [2.75, 3.05) is 12.5 Å². The lowest BCUT2D eigenvalue weighted by Gasteiger charge is -2.07. The minimum absolute atomic E-state index is 0.0898. The van der Waals surface area contributed by atoms with Crippen LogP contribution in [0.4, 0.5) is 0 Å². The van der Waals surface area contributed by atoms with Gasteiger partial charge in [-0.15, -0.1) is 0 Å². The first-order valence-electron chi connectivity index (χ1n) is 8.01. The van der Waals surface area contributed by atoms with Crippen LogP contribution < -0.4 is 14.8 Å². The first kappa shape index (κ1) is 18.5. The molecule has 0 fully saturated rings. The summed E-state index contributed by atoms with van der Waals surface area (Å²) in [6.07, 6.45) is -0.0898. The fourth-order valence-corrected chi connectivity index (χ4v) is 4.08. The number of benzene rings is 2. The predicted molar refractivity (Wildman–Crippen MR) is 98.0 cm³/mol. The van der Waals surface area contributed by atoms with Crippen molar-refractivity contribution in [2.45, 2.75) is 18.7 Å². The Morgan fingerprint density at radius 3 is 2.69 bits per heavy atom. The van der Waals surface area contributed by atoms with Crippen LogP contribution in [0.1, 0.15) is 17.5 Å². The molecule has 1 aliphatic heterocycles. The van der Waals surface area contributed by atoms with Crippen LogP contribution in [0.5, 0.6) is 11.5 Å². The maximum absolute atomic E-state index is 12.2. The van der Waals surface area contributed by atoms with Gasteiger partial charge in [-0.1, -0.05) is 29.8 Å². The molecule has 0 saturated carbocycles. The Morgan fingerprint density at radius 2 is 1.88 bits per heavy atom. The number of sulfone groups is 1. The molecule has 0 saturated heterocycles. The van der Waals surface area contributed by atoms with E-state index in [-0.39, 0.29) is 30.6 Å². The van der Waals surface area contributed by atoms with E-state index in [0.717, 1.165) is 5.56 Å². The monoisotopic (exact) mass is 395 g/mol. The number of nitrogens with one attached hydrogen (secondary N) is 1. The van der Waals surface area contributed by atoms with Crippen molar-refractivity contribution in [3.63, 3.8) is 0 Å². The Kier molecular flexibility index (Phi) is 5.68. The summed E-state index contributed by atoms with van der Waals surface area (Å²) in [5, 5.41) is 3.20. The lowest BCUT2D eigenvalue weighted by atomic mass is 10.2. The highest BCUT2D eigenvalue weighted by molar-refractivity contribution is 7.90. The van der Waals surface area contributed by atoms with Crippen LogP contribution in [-0.2, 0) is 26.9 Å². The molecule has 0 bridgehead atoms. The second-order valence-electron chi connectivity index (χ2n) is 5.94. The Hall–Kier alpha value is -2.25. The Bertz CT molecular complexity index is 914. The zero-order chi connectivity index (χ0) is 18.6. The molecule has 2 aromatic carbocycles. The average Bonchev–Trinajstić information content (AvgIpc) is 3.05. The van der Waals surface area contributed by atoms with Gasteiger partial charge in [-0.25, -0.2) is 8.42 Å². The van der Waals surface area contributed by atoms with Crippen LogP contribution >= 0.6 is 11.6 Å². The van der Waals surface area contributed by atoms with Crippen LogP contribution in [0.15, 0.2) is 42.5 Å². The molecule has 138 valence electrons. The summed E-state index contributed by atoms with van der Waals surface area (Å²) >= 11 is 5.86. The van der Waals surface area contributed by atoms with Crippen molar-refractivity contribution in [1.29, 1.82) is 0 Å². The third-order valence-corrected chi connectivity index (χ3v) is 5.68. The zero-order valence-electron chi connectivity index (χ0n) is 13.9. The minimum Gasteiger partial charge on any atom is -0.454 e. The van der Waals surface area contributed by atoms with E-state index < -0.39 is 9.84 Å². The summed E-state index contributed by atoms with van der Waals surface area (Å²) < 4.78 is 34.8. The molecular weight excluding hydrogens is 378 g/mol. The number of hydrogen-bond donors (Lipinski definition) is 1. The molecule has 2 aromatic rings. The average molecular weight is 396 g/mol. The van der Waals surface area contributed by atoms with Gasteiger partial charge in [-0.3, -0.25) is 4.79 Å². The van der Waals surface area contributed by atoms with Gasteiger partial charge in [0, 0.05) is 18.0 Å². The van der Waals surface area contributed by atoms with Crippen molar-refractivity contribution in [1.82, 2.24) is 5.32 Å². The molecule has 6 nitrogen and oxygen atoms in total. The number of rotatable bonds is 7. The van der Waals surface area contributed by atoms with Crippen LogP contribution in [-0.4, -0.2) is 26.9 Å². The second kappa shape index (κ2) is 7.97. The van der Waals surface area contributed by atoms with Crippen LogP contribution in [0, 0.1) is 0 Å². The van der Waals surface area contributed by atoms with E-state index in [2.05, 4.69) is 5.32 Å². The smallest absolute Gasteiger partial charge is 0.231 e. The fraction of sp³-hybridized carbons (Fsp3) is 0.278. The zero-order valence-corrected chi connectivity index (χ0v) is 15.5. The van der Waals surface area contributed by atoms with E-state index in [9.17, 15) is 13.2 Å². The van der Waals surface area contributed by atoms with Crippen molar-refractivity contribution >= 4 is 27.3 Å². The number of fused-ring (bicyclic) bond motifs is 1. The molecule has 0 aliphatic carbocycles. The normalized spacial score (nSPS) is 12.8. The fourth-order valence-electron chi connectivity index (χ4n) is 2.54. The third-order valence-electron chi connectivity index (χ3n) is 3.84. The Labute approximate surface area is 157 Å². The van der Waals surface area contributed by atoms with Gasteiger partial charge < -0.3 is 14.8 Å². The van der Waals surface area contributed by atoms with E-state index in [1.54, 1.807) is 36.4 Å². The standard InChI is InChI=1S/C18H18ClNO5S/c19-15-3-1-2-14(8-15)11-26(22,23)7-6-18(21)20-10-13-4-5-16-17(9-13)25-12-24-16/h1-5,8-9H,6-7,10-12H2,(H,20,21). The van der Waals surface area contributed by atoms with Gasteiger partial charge in [0.15, 0.2) is 21.3 Å². The molecule has 1 amide bonds. The molecule has 0 atom stereocenters. The van der Waals surface area contributed by atoms with E-state index in [1.165, 1.54) is 0 Å². The summed E-state index contributed by atoms with van der Waals surface area (Å²) in [4.78, 5) is 12.0. The molecule has 1 heterocycles. The molecule has 1 N–H and O–H groups in total. The Balaban J connectivity index is 1.47. The van der Waals surface area contributed by atoms with Gasteiger partial charge in [0.1, 0.15) is 0 Å². The van der Waals surface area contributed by atoms with Gasteiger partial charge in [0.25, 0.3) is 0 Å². The number of hydrogen-bond acceptors (Lipinski definition) is 5. The summed E-state index contributed by atoms with van der Waals surface area (Å²) in [5.41, 5.74) is 1.46. The van der Waals surface area contributed by atoms with Gasteiger partial charge in [-0.2, -0.15) is 0 Å². The number of amides is 1. The van der Waals surface area contributed by atoms with Gasteiger partial charge in [-0.05, 0) is 35.4 Å². The lowest BCUT2D eigenvalue weighted by molar-refractivity contribution is -0.120. The van der Waals surface area contributed by atoms with Crippen LogP contribution in [0.3, 0.4) is 0 Å². The van der Waals surface area contributed by atoms with E-state index in [1.807, 2.05) is 6.07 Å². The third kappa shape index (κ3) is 5.12. The van der Waals surface area contributed by atoms with E-state index >= 15 is 0 Å². The molecule has 3 rings (SSSR count). The number of ether oxygens (including phenoxy) is 2. The summed E-state index contributed by atoms with van der Waals surface area (Å²) in [6.45, 7) is 0.486. The molecule has 0 aromatic heterocycles. The lowest BCUT2D eigenvalue weighted by Crippen LogP contribution is -2.25. The molecule has 26 heavy (non-hydrogen) atoms. The first-order valence-corrected chi connectivity index (χ1v) is 10.2. The van der Waals surface area contributed by atoms with Crippen molar-refractivity contribution < 1.29 is 22.7 Å². The summed E-state index contributed by atoms with van der Waals surface area (Å²) in [6, 6.07) is 12.1. The molecule has 0 unspecified atom stereocenters. The summed E-state index contributed by atoms with van der Waals surface area (Å²) in [7, 11) is -3.39. The van der Waals surface area contributed by atoms with Gasteiger partial charge in [0.2, 0.25) is 12.7 Å². The van der Waals surface area contributed by atoms with E-state index in [0.29, 0.717) is 28.6 Å². The second-order valence-corrected chi connectivity index (χ2v) is 8.56. The highest BCUT2D eigenvalue weighted by Gasteiger charge is 2.16. The highest BCUT2D eigenvalue weighted by Crippen LogP contribution is 2.32. The summed E-state index contributed by atoms with van der Waals surface area (Å²) in [5.74, 6) is 0.639. The number of carbonyl (C=O) groups is 1. The maximum atomic E-state index is 12.2. The van der Waals surface area contributed by atoms with Gasteiger partial charge in [0.05, 0.1) is 11.5 Å². The van der Waals surface area contributed by atoms with Crippen molar-refractivity contribution in [3.8, 4) is 11.5 Å². The minimum atomic E-state index is -3.39. The first-order chi connectivity index (χ1) is 12.4. The number of carbonyl (C=O) groups excluding carboxylic acids is 1. The number of halogens is 1. The topological polar surface area (TPSA) is 81.7 Å². The van der Waals surface area contributed by atoms with Crippen molar-refractivity contribution in [3.05, 3.63) is 58.6 Å². The molecule has 8 heteroatoms.